The molecular weight excluding hydrogens is 412 g/mol. The van der Waals surface area contributed by atoms with Crippen LogP contribution in [0.4, 0.5) is 0 Å². The molecule has 6 nitrogen and oxygen atoms in total. The molecule has 158 valence electrons. The lowest BCUT2D eigenvalue weighted by Crippen LogP contribution is -2.06. The fourth-order valence-electron chi connectivity index (χ4n) is 3.64. The van der Waals surface area contributed by atoms with Crippen molar-refractivity contribution < 1.29 is 9.15 Å². The number of aryl methyl sites for hydroxylation is 1. The van der Waals surface area contributed by atoms with Crippen LogP contribution < -0.4 is 4.74 Å². The maximum Gasteiger partial charge on any atom is 0.174 e. The molecule has 0 aliphatic rings. The van der Waals surface area contributed by atoms with Gasteiger partial charge in [-0.3, -0.25) is 4.68 Å². The van der Waals surface area contributed by atoms with E-state index in [0.717, 1.165) is 39.0 Å². The fraction of sp³-hybridized carbons (Fsp3) is 0.250. The molecule has 31 heavy (non-hydrogen) atoms. The Balaban J connectivity index is 1.43. The highest BCUT2D eigenvalue weighted by Crippen LogP contribution is 2.29. The van der Waals surface area contributed by atoms with Crippen LogP contribution in [0.15, 0.2) is 53.1 Å². The van der Waals surface area contributed by atoms with Gasteiger partial charge in [0.2, 0.25) is 0 Å². The maximum absolute atomic E-state index is 6.23. The molecule has 2 aromatic carbocycles. The van der Waals surface area contributed by atoms with Gasteiger partial charge in [-0.2, -0.15) is 5.10 Å². The van der Waals surface area contributed by atoms with Gasteiger partial charge < -0.3 is 14.1 Å². The Kier molecular flexibility index (Phi) is 4.94. The zero-order valence-electron chi connectivity index (χ0n) is 17.6. The summed E-state index contributed by atoms with van der Waals surface area (Å²) < 4.78 is 13.9. The summed E-state index contributed by atoms with van der Waals surface area (Å²) in [7, 11) is 1.93. The largest absolute Gasteiger partial charge is 0.493 e. The number of nitrogens with zero attached hydrogens (tertiary/aromatic N) is 3. The highest BCUT2D eigenvalue weighted by atomic mass is 35.5. The van der Waals surface area contributed by atoms with Crippen molar-refractivity contribution in [3.05, 3.63) is 65.0 Å². The monoisotopic (exact) mass is 434 g/mol. The molecule has 0 atom stereocenters. The van der Waals surface area contributed by atoms with Crippen LogP contribution in [0, 0.1) is 5.92 Å². The van der Waals surface area contributed by atoms with Crippen LogP contribution in [0.2, 0.25) is 5.02 Å². The molecule has 3 heterocycles. The Morgan fingerprint density at radius 1 is 1.16 bits per heavy atom. The molecule has 5 rings (SSSR count). The van der Waals surface area contributed by atoms with E-state index in [2.05, 4.69) is 30.0 Å². The number of nitrogens with one attached hydrogen (secondary N) is 1. The van der Waals surface area contributed by atoms with Crippen molar-refractivity contribution in [3.63, 3.8) is 0 Å². The number of H-pyrrole nitrogens is 1. The summed E-state index contributed by atoms with van der Waals surface area (Å²) in [6, 6.07) is 13.7. The SMILES string of the molecule is CC(C)COc1ccc(Cl)cc1Cc1ccc(-c2nc3cc4cnn(C)c4cc3[nH]2)o1. The summed E-state index contributed by atoms with van der Waals surface area (Å²) in [6.07, 6.45) is 2.43. The quantitative estimate of drug-likeness (QED) is 0.356. The van der Waals surface area contributed by atoms with E-state index in [1.165, 1.54) is 0 Å². The molecule has 0 aliphatic carbocycles. The molecule has 1 N–H and O–H groups in total. The first-order valence-corrected chi connectivity index (χ1v) is 10.7. The van der Waals surface area contributed by atoms with Crippen molar-refractivity contribution in [2.75, 3.05) is 6.61 Å². The first-order valence-electron chi connectivity index (χ1n) is 10.3. The van der Waals surface area contributed by atoms with Gasteiger partial charge in [0.1, 0.15) is 11.5 Å². The van der Waals surface area contributed by atoms with Crippen molar-refractivity contribution in [1.29, 1.82) is 0 Å². The summed E-state index contributed by atoms with van der Waals surface area (Å²) in [5.74, 6) is 3.49. The highest BCUT2D eigenvalue weighted by Gasteiger charge is 2.14. The first-order chi connectivity index (χ1) is 15.0. The van der Waals surface area contributed by atoms with E-state index in [0.29, 0.717) is 35.6 Å². The zero-order chi connectivity index (χ0) is 21.5. The minimum absolute atomic E-state index is 0.444. The predicted octanol–water partition coefficient (Wildman–Crippen LogP) is 5.99. The van der Waals surface area contributed by atoms with Gasteiger partial charge in [-0.1, -0.05) is 25.4 Å². The highest BCUT2D eigenvalue weighted by molar-refractivity contribution is 6.30. The van der Waals surface area contributed by atoms with Crippen molar-refractivity contribution >= 4 is 33.5 Å². The number of rotatable bonds is 6. The van der Waals surface area contributed by atoms with Crippen LogP contribution >= 0.6 is 11.6 Å². The van der Waals surface area contributed by atoms with Crippen LogP contribution in [0.1, 0.15) is 25.2 Å². The van der Waals surface area contributed by atoms with E-state index in [1.807, 2.05) is 54.3 Å². The number of imidazole rings is 1. The summed E-state index contributed by atoms with van der Waals surface area (Å²) in [4.78, 5) is 8.07. The lowest BCUT2D eigenvalue weighted by atomic mass is 10.1. The molecular formula is C24H23ClN4O2. The number of furan rings is 1. The smallest absolute Gasteiger partial charge is 0.174 e. The zero-order valence-corrected chi connectivity index (χ0v) is 18.4. The molecule has 0 saturated heterocycles. The van der Waals surface area contributed by atoms with Gasteiger partial charge in [0.05, 0.1) is 29.4 Å². The minimum Gasteiger partial charge on any atom is -0.493 e. The molecule has 5 aromatic rings. The van der Waals surface area contributed by atoms with E-state index in [-0.39, 0.29) is 0 Å². The summed E-state index contributed by atoms with van der Waals surface area (Å²) in [5, 5.41) is 6.03. The number of halogens is 1. The van der Waals surface area contributed by atoms with Crippen molar-refractivity contribution in [2.45, 2.75) is 20.3 Å². The van der Waals surface area contributed by atoms with E-state index in [1.54, 1.807) is 0 Å². The Labute approximate surface area is 184 Å². The number of benzene rings is 2. The summed E-state index contributed by atoms with van der Waals surface area (Å²) in [6.45, 7) is 4.91. The standard InChI is InChI=1S/C24H23ClN4O2/c1-14(2)13-30-22-6-4-17(25)8-15(22)9-18-5-7-23(31-18)24-27-19-10-16-12-26-29(3)21(16)11-20(19)28-24/h4-8,10-12,14H,9,13H2,1-3H3,(H,27,28). The third-order valence-corrected chi connectivity index (χ3v) is 5.44. The molecule has 0 amide bonds. The second-order valence-corrected chi connectivity index (χ2v) is 8.62. The van der Waals surface area contributed by atoms with E-state index in [4.69, 9.17) is 25.7 Å². The second-order valence-electron chi connectivity index (χ2n) is 8.18. The maximum atomic E-state index is 6.23. The van der Waals surface area contributed by atoms with Crippen LogP contribution in [0.25, 0.3) is 33.5 Å². The van der Waals surface area contributed by atoms with Crippen molar-refractivity contribution in [3.8, 4) is 17.3 Å². The molecule has 0 unspecified atom stereocenters. The molecule has 0 bridgehead atoms. The topological polar surface area (TPSA) is 68.9 Å². The van der Waals surface area contributed by atoms with Gasteiger partial charge in [0.15, 0.2) is 11.6 Å². The van der Waals surface area contributed by atoms with Gasteiger partial charge in [0.25, 0.3) is 0 Å². The summed E-state index contributed by atoms with van der Waals surface area (Å²) >= 11 is 6.23. The number of ether oxygens (including phenoxy) is 1. The lowest BCUT2D eigenvalue weighted by molar-refractivity contribution is 0.268. The van der Waals surface area contributed by atoms with Gasteiger partial charge in [-0.25, -0.2) is 4.98 Å². The number of fused-ring (bicyclic) bond motifs is 2. The van der Waals surface area contributed by atoms with Crippen LogP contribution in [-0.2, 0) is 13.5 Å². The third kappa shape index (κ3) is 3.91. The Morgan fingerprint density at radius 3 is 2.87 bits per heavy atom. The van der Waals surface area contributed by atoms with Gasteiger partial charge >= 0.3 is 0 Å². The first kappa shape index (κ1) is 19.7. The molecule has 0 radical (unpaired) electrons. The number of hydrogen-bond acceptors (Lipinski definition) is 4. The average Bonchev–Trinajstić information content (AvgIpc) is 3.44. The minimum atomic E-state index is 0.444. The number of aromatic nitrogens is 4. The van der Waals surface area contributed by atoms with E-state index >= 15 is 0 Å². The Bertz CT molecular complexity index is 1380. The molecule has 3 aromatic heterocycles. The van der Waals surface area contributed by atoms with Crippen LogP contribution in [-0.4, -0.2) is 26.4 Å². The predicted molar refractivity (Wildman–Crippen MR) is 123 cm³/mol. The number of hydrogen-bond donors (Lipinski definition) is 1. The fourth-order valence-corrected chi connectivity index (χ4v) is 3.84. The second kappa shape index (κ2) is 7.78. The van der Waals surface area contributed by atoms with Crippen LogP contribution in [0.5, 0.6) is 5.75 Å². The van der Waals surface area contributed by atoms with E-state index in [9.17, 15) is 0 Å². The molecule has 7 heteroatoms. The molecule has 0 fully saturated rings. The Morgan fingerprint density at radius 2 is 2.03 bits per heavy atom. The number of aromatic amines is 1. The normalized spacial score (nSPS) is 11.8. The van der Waals surface area contributed by atoms with Crippen molar-refractivity contribution in [2.24, 2.45) is 13.0 Å². The van der Waals surface area contributed by atoms with Gasteiger partial charge in [0, 0.05) is 29.4 Å². The van der Waals surface area contributed by atoms with Crippen LogP contribution in [0.3, 0.4) is 0 Å². The van der Waals surface area contributed by atoms with Crippen molar-refractivity contribution in [1.82, 2.24) is 19.7 Å². The summed E-state index contributed by atoms with van der Waals surface area (Å²) in [5.41, 5.74) is 3.88. The van der Waals surface area contributed by atoms with Gasteiger partial charge in [-0.05, 0) is 48.4 Å². The molecule has 0 saturated carbocycles. The Hall–Kier alpha value is -3.25. The average molecular weight is 435 g/mol. The van der Waals surface area contributed by atoms with E-state index < -0.39 is 0 Å². The molecule has 0 aliphatic heterocycles. The van der Waals surface area contributed by atoms with Gasteiger partial charge in [-0.15, -0.1) is 0 Å². The third-order valence-electron chi connectivity index (χ3n) is 5.20. The molecule has 0 spiro atoms. The lowest BCUT2D eigenvalue weighted by Gasteiger charge is -2.13.